The molecule has 3 N–H and O–H groups in total. The zero-order valence-corrected chi connectivity index (χ0v) is 13.8. The van der Waals surface area contributed by atoms with Crippen molar-refractivity contribution < 1.29 is 4.74 Å². The number of halogens is 1. The Kier molecular flexibility index (Phi) is 7.34. The molecule has 1 rings (SSSR count). The molecule has 0 aliphatic rings. The number of benzene rings is 1. The van der Waals surface area contributed by atoms with Gasteiger partial charge in [-0.3, -0.25) is 0 Å². The fraction of sp³-hybridized carbons (Fsp3) is 0.500. The van der Waals surface area contributed by atoms with Gasteiger partial charge < -0.3 is 15.8 Å². The summed E-state index contributed by atoms with van der Waals surface area (Å²) in [5.74, 6) is 0.690. The quantitative estimate of drug-likeness (QED) is 0.559. The second kappa shape index (κ2) is 8.51. The van der Waals surface area contributed by atoms with Crippen molar-refractivity contribution in [1.82, 2.24) is 0 Å². The van der Waals surface area contributed by atoms with Crippen molar-refractivity contribution in [3.8, 4) is 0 Å². The molecule has 0 atom stereocenters. The van der Waals surface area contributed by atoms with Gasteiger partial charge in [0, 0.05) is 28.9 Å². The number of rotatable bonds is 8. The molecule has 0 amide bonds. The summed E-state index contributed by atoms with van der Waals surface area (Å²) >= 11 is 8.44. The van der Waals surface area contributed by atoms with Crippen molar-refractivity contribution in [2.45, 2.75) is 20.3 Å². The molecule has 19 heavy (non-hydrogen) atoms. The predicted molar refractivity (Wildman–Crippen MR) is 88.8 cm³/mol. The molecule has 0 saturated heterocycles. The molecule has 5 heteroatoms. The smallest absolute Gasteiger partial charge is 0.104 e. The van der Waals surface area contributed by atoms with Gasteiger partial charge >= 0.3 is 0 Å². The summed E-state index contributed by atoms with van der Waals surface area (Å²) in [4.78, 5) is 0.407. The van der Waals surface area contributed by atoms with E-state index in [-0.39, 0.29) is 0 Å². The molecule has 0 saturated carbocycles. The van der Waals surface area contributed by atoms with Gasteiger partial charge in [-0.15, -0.1) is 0 Å². The van der Waals surface area contributed by atoms with Gasteiger partial charge in [0.05, 0.1) is 6.61 Å². The monoisotopic (exact) mass is 344 g/mol. The molecule has 0 aliphatic heterocycles. The average Bonchev–Trinajstić information content (AvgIpc) is 2.34. The normalized spacial score (nSPS) is 10.7. The van der Waals surface area contributed by atoms with E-state index in [0.717, 1.165) is 35.3 Å². The minimum atomic E-state index is 0.407. The van der Waals surface area contributed by atoms with E-state index in [1.807, 2.05) is 18.2 Å². The minimum absolute atomic E-state index is 0.407. The Labute approximate surface area is 129 Å². The Morgan fingerprint density at radius 2 is 2.16 bits per heavy atom. The first-order chi connectivity index (χ1) is 9.00. The third kappa shape index (κ3) is 6.36. The van der Waals surface area contributed by atoms with Gasteiger partial charge in [0.25, 0.3) is 0 Å². The third-order valence-corrected chi connectivity index (χ3v) is 3.55. The molecule has 0 unspecified atom stereocenters. The Morgan fingerprint density at radius 3 is 2.74 bits per heavy atom. The highest BCUT2D eigenvalue weighted by Gasteiger charge is 2.02. The molecule has 3 nitrogen and oxygen atoms in total. The Bertz CT molecular complexity index is 424. The average molecular weight is 345 g/mol. The number of anilines is 1. The number of nitrogens with two attached hydrogens (primary N) is 1. The topological polar surface area (TPSA) is 47.3 Å². The van der Waals surface area contributed by atoms with Crippen LogP contribution in [-0.4, -0.2) is 24.7 Å². The van der Waals surface area contributed by atoms with Crippen molar-refractivity contribution in [2.75, 3.05) is 25.1 Å². The zero-order valence-electron chi connectivity index (χ0n) is 11.4. The molecule has 0 fully saturated rings. The first-order valence-corrected chi connectivity index (χ1v) is 7.61. The number of thiocarbonyl (C=S) groups is 1. The lowest BCUT2D eigenvalue weighted by atomic mass is 10.1. The second-order valence-corrected chi connectivity index (χ2v) is 6.07. The van der Waals surface area contributed by atoms with Gasteiger partial charge in [-0.2, -0.15) is 0 Å². The predicted octanol–water partition coefficient (Wildman–Crippen LogP) is 3.56. The Morgan fingerprint density at radius 1 is 1.42 bits per heavy atom. The van der Waals surface area contributed by atoms with Gasteiger partial charge in [0.15, 0.2) is 0 Å². The molecule has 0 aromatic heterocycles. The first kappa shape index (κ1) is 16.4. The number of nitrogens with one attached hydrogen (secondary N) is 1. The van der Waals surface area contributed by atoms with Crippen LogP contribution in [0.4, 0.5) is 5.69 Å². The largest absolute Gasteiger partial charge is 0.389 e. The SMILES string of the molecule is CC(C)CCOCCNc1ccc(C(N)=S)cc1Br. The summed E-state index contributed by atoms with van der Waals surface area (Å²) in [6.07, 6.45) is 1.10. The van der Waals surface area contributed by atoms with Crippen LogP contribution < -0.4 is 11.1 Å². The number of hydrogen-bond acceptors (Lipinski definition) is 3. The highest BCUT2D eigenvalue weighted by atomic mass is 79.9. The maximum atomic E-state index is 5.58. The van der Waals surface area contributed by atoms with Crippen molar-refractivity contribution in [1.29, 1.82) is 0 Å². The highest BCUT2D eigenvalue weighted by Crippen LogP contribution is 2.23. The highest BCUT2D eigenvalue weighted by molar-refractivity contribution is 9.10. The van der Waals surface area contributed by atoms with Gasteiger partial charge in [-0.25, -0.2) is 0 Å². The fourth-order valence-corrected chi connectivity index (χ4v) is 2.14. The summed E-state index contributed by atoms with van der Waals surface area (Å²) < 4.78 is 6.51. The van der Waals surface area contributed by atoms with E-state index in [0.29, 0.717) is 17.5 Å². The van der Waals surface area contributed by atoms with Crippen molar-refractivity contribution >= 4 is 38.8 Å². The maximum Gasteiger partial charge on any atom is 0.104 e. The van der Waals surface area contributed by atoms with E-state index in [9.17, 15) is 0 Å². The van der Waals surface area contributed by atoms with E-state index in [1.54, 1.807) is 0 Å². The van der Waals surface area contributed by atoms with Crippen molar-refractivity contribution in [3.63, 3.8) is 0 Å². The summed E-state index contributed by atoms with van der Waals surface area (Å²) in [5.41, 5.74) is 7.46. The van der Waals surface area contributed by atoms with E-state index in [1.165, 1.54) is 0 Å². The lowest BCUT2D eigenvalue weighted by Crippen LogP contribution is -2.12. The fourth-order valence-electron chi connectivity index (χ4n) is 1.49. The molecule has 0 radical (unpaired) electrons. The Hall–Kier alpha value is -0.650. The standard InChI is InChI=1S/C14H21BrN2OS/c1-10(2)5-7-18-8-6-17-13-4-3-11(14(16)19)9-12(13)15/h3-4,9-10,17H,5-8H2,1-2H3,(H2,16,19). The van der Waals surface area contributed by atoms with Crippen LogP contribution >= 0.6 is 28.1 Å². The molecule has 0 spiro atoms. The van der Waals surface area contributed by atoms with Crippen LogP contribution in [0, 0.1) is 5.92 Å². The maximum absolute atomic E-state index is 5.58. The molecule has 0 heterocycles. The van der Waals surface area contributed by atoms with Crippen LogP contribution in [0.3, 0.4) is 0 Å². The van der Waals surface area contributed by atoms with Crippen LogP contribution in [0.15, 0.2) is 22.7 Å². The first-order valence-electron chi connectivity index (χ1n) is 6.41. The van der Waals surface area contributed by atoms with Crippen LogP contribution in [0.25, 0.3) is 0 Å². The molecular weight excluding hydrogens is 324 g/mol. The van der Waals surface area contributed by atoms with Crippen LogP contribution in [-0.2, 0) is 4.74 Å². The molecule has 1 aromatic rings. The second-order valence-electron chi connectivity index (χ2n) is 4.78. The zero-order chi connectivity index (χ0) is 14.3. The summed E-state index contributed by atoms with van der Waals surface area (Å²) in [6.45, 7) is 6.70. The van der Waals surface area contributed by atoms with Crippen molar-refractivity contribution in [3.05, 3.63) is 28.2 Å². The number of ether oxygens (including phenoxy) is 1. The van der Waals surface area contributed by atoms with Gasteiger partial charge in [0.2, 0.25) is 0 Å². The molecule has 1 aromatic carbocycles. The van der Waals surface area contributed by atoms with E-state index < -0.39 is 0 Å². The molecule has 0 bridgehead atoms. The van der Waals surface area contributed by atoms with Gasteiger partial charge in [-0.05, 0) is 46.5 Å². The van der Waals surface area contributed by atoms with Gasteiger partial charge in [-0.1, -0.05) is 26.1 Å². The number of hydrogen-bond donors (Lipinski definition) is 2. The lowest BCUT2D eigenvalue weighted by Gasteiger charge is -2.11. The van der Waals surface area contributed by atoms with Crippen LogP contribution in [0.5, 0.6) is 0 Å². The van der Waals surface area contributed by atoms with Crippen LogP contribution in [0.2, 0.25) is 0 Å². The minimum Gasteiger partial charge on any atom is -0.389 e. The summed E-state index contributed by atoms with van der Waals surface area (Å²) in [5, 5.41) is 3.31. The summed E-state index contributed by atoms with van der Waals surface area (Å²) in [6, 6.07) is 5.80. The van der Waals surface area contributed by atoms with E-state index in [4.69, 9.17) is 22.7 Å². The Balaban J connectivity index is 2.32. The van der Waals surface area contributed by atoms with E-state index in [2.05, 4.69) is 35.1 Å². The van der Waals surface area contributed by atoms with Gasteiger partial charge in [0.1, 0.15) is 4.99 Å². The van der Waals surface area contributed by atoms with Crippen LogP contribution in [0.1, 0.15) is 25.8 Å². The van der Waals surface area contributed by atoms with E-state index >= 15 is 0 Å². The molecular formula is C14H21BrN2OS. The lowest BCUT2D eigenvalue weighted by molar-refractivity contribution is 0.132. The third-order valence-electron chi connectivity index (χ3n) is 2.65. The summed E-state index contributed by atoms with van der Waals surface area (Å²) in [7, 11) is 0. The molecule has 106 valence electrons. The van der Waals surface area contributed by atoms with Crippen molar-refractivity contribution in [2.24, 2.45) is 11.7 Å². The molecule has 0 aliphatic carbocycles.